The molecule has 0 aliphatic carbocycles. The lowest BCUT2D eigenvalue weighted by Crippen LogP contribution is -2.33. The third kappa shape index (κ3) is 4.73. The number of amides is 1. The van der Waals surface area contributed by atoms with Crippen LogP contribution in [0.1, 0.15) is 57.5 Å². The van der Waals surface area contributed by atoms with Gasteiger partial charge in [0.25, 0.3) is 5.56 Å². The molecule has 2 N–H and O–H groups in total. The molecule has 0 spiro atoms. The lowest BCUT2D eigenvalue weighted by atomic mass is 9.85. The minimum atomic E-state index is -0.247. The van der Waals surface area contributed by atoms with Crippen molar-refractivity contribution in [2.24, 2.45) is 5.92 Å². The molecule has 152 valence electrons. The molecule has 1 atom stereocenters. The SMILES string of the molecule is CC(C)[C@H](NC(=O)Cc1n[nH]c(=O)c2ccccc12)c1ccc(C(C)(C)C)cc1. The molecule has 2 aromatic carbocycles. The zero-order valence-electron chi connectivity index (χ0n) is 17.7. The molecule has 5 nitrogen and oxygen atoms in total. The highest BCUT2D eigenvalue weighted by Crippen LogP contribution is 2.27. The Hall–Kier alpha value is -2.95. The topological polar surface area (TPSA) is 74.8 Å². The molecule has 1 heterocycles. The van der Waals surface area contributed by atoms with Crippen molar-refractivity contribution in [2.75, 3.05) is 0 Å². The Morgan fingerprint density at radius 2 is 1.66 bits per heavy atom. The number of nitrogens with zero attached hydrogens (tertiary/aromatic N) is 1. The average molecular weight is 392 g/mol. The second-order valence-corrected chi connectivity index (χ2v) is 8.88. The van der Waals surface area contributed by atoms with E-state index in [-0.39, 0.29) is 35.3 Å². The first-order valence-electron chi connectivity index (χ1n) is 10.0. The molecule has 5 heteroatoms. The monoisotopic (exact) mass is 391 g/mol. The summed E-state index contributed by atoms with van der Waals surface area (Å²) in [5.41, 5.74) is 2.76. The summed E-state index contributed by atoms with van der Waals surface area (Å²) < 4.78 is 0. The lowest BCUT2D eigenvalue weighted by molar-refractivity contribution is -0.121. The predicted octanol–water partition coefficient (Wildman–Crippen LogP) is 4.28. The summed E-state index contributed by atoms with van der Waals surface area (Å²) in [6.45, 7) is 10.7. The summed E-state index contributed by atoms with van der Waals surface area (Å²) in [6, 6.07) is 15.6. The van der Waals surface area contributed by atoms with Gasteiger partial charge in [0.1, 0.15) is 0 Å². The van der Waals surface area contributed by atoms with Crippen LogP contribution in [0.4, 0.5) is 0 Å². The average Bonchev–Trinajstić information content (AvgIpc) is 2.68. The van der Waals surface area contributed by atoms with Crippen molar-refractivity contribution in [3.63, 3.8) is 0 Å². The second kappa shape index (κ2) is 8.19. The van der Waals surface area contributed by atoms with Gasteiger partial charge in [-0.25, -0.2) is 5.10 Å². The Morgan fingerprint density at radius 1 is 1.03 bits per heavy atom. The first-order chi connectivity index (χ1) is 13.7. The minimum absolute atomic E-state index is 0.0893. The van der Waals surface area contributed by atoms with E-state index in [0.717, 1.165) is 5.56 Å². The number of nitrogens with one attached hydrogen (secondary N) is 2. The first kappa shape index (κ1) is 20.8. The Labute approximate surface area is 171 Å². The van der Waals surface area contributed by atoms with Crippen LogP contribution < -0.4 is 10.9 Å². The first-order valence-corrected chi connectivity index (χ1v) is 10.0. The normalized spacial score (nSPS) is 12.9. The van der Waals surface area contributed by atoms with E-state index in [0.29, 0.717) is 16.5 Å². The van der Waals surface area contributed by atoms with Crippen molar-refractivity contribution < 1.29 is 4.79 Å². The smallest absolute Gasteiger partial charge is 0.272 e. The van der Waals surface area contributed by atoms with E-state index in [1.165, 1.54) is 5.56 Å². The van der Waals surface area contributed by atoms with Crippen molar-refractivity contribution in [3.05, 3.63) is 75.7 Å². The maximum atomic E-state index is 12.8. The summed E-state index contributed by atoms with van der Waals surface area (Å²) in [5.74, 6) is 0.119. The largest absolute Gasteiger partial charge is 0.349 e. The van der Waals surface area contributed by atoms with E-state index >= 15 is 0 Å². The number of carbonyl (C=O) groups is 1. The van der Waals surface area contributed by atoms with Crippen molar-refractivity contribution >= 4 is 16.7 Å². The van der Waals surface area contributed by atoms with Gasteiger partial charge in [-0.1, -0.05) is 77.1 Å². The van der Waals surface area contributed by atoms with Crippen LogP contribution in [0.25, 0.3) is 10.8 Å². The third-order valence-corrected chi connectivity index (χ3v) is 5.22. The molecule has 0 saturated carbocycles. The number of H-pyrrole nitrogens is 1. The van der Waals surface area contributed by atoms with Gasteiger partial charge in [-0.15, -0.1) is 0 Å². The molecule has 0 bridgehead atoms. The maximum Gasteiger partial charge on any atom is 0.272 e. The molecule has 3 rings (SSSR count). The predicted molar refractivity (Wildman–Crippen MR) is 117 cm³/mol. The van der Waals surface area contributed by atoms with E-state index in [9.17, 15) is 9.59 Å². The Kier molecular flexibility index (Phi) is 5.87. The molecular formula is C24H29N3O2. The second-order valence-electron chi connectivity index (χ2n) is 8.88. The van der Waals surface area contributed by atoms with Crippen molar-refractivity contribution in [1.29, 1.82) is 0 Å². The highest BCUT2D eigenvalue weighted by Gasteiger charge is 2.21. The van der Waals surface area contributed by atoms with E-state index < -0.39 is 0 Å². The van der Waals surface area contributed by atoms with Crippen LogP contribution in [0.3, 0.4) is 0 Å². The van der Waals surface area contributed by atoms with Crippen LogP contribution in [0.15, 0.2) is 53.3 Å². The van der Waals surface area contributed by atoms with Crippen LogP contribution in [0.2, 0.25) is 0 Å². The number of benzene rings is 2. The van der Waals surface area contributed by atoms with Gasteiger partial charge in [-0.2, -0.15) is 5.10 Å². The summed E-state index contributed by atoms with van der Waals surface area (Å²) in [6.07, 6.45) is 0.112. The number of hydrogen-bond acceptors (Lipinski definition) is 3. The number of rotatable bonds is 5. The van der Waals surface area contributed by atoms with Gasteiger partial charge in [0.05, 0.1) is 23.5 Å². The van der Waals surface area contributed by atoms with Gasteiger partial charge in [-0.05, 0) is 28.5 Å². The molecule has 1 amide bonds. The number of hydrogen-bond donors (Lipinski definition) is 2. The summed E-state index contributed by atoms with van der Waals surface area (Å²) >= 11 is 0. The standard InChI is InChI=1S/C24H29N3O2/c1-15(2)22(16-10-12-17(13-11-16)24(3,4)5)25-21(28)14-20-18-8-6-7-9-19(18)23(29)27-26-20/h6-13,15,22H,14H2,1-5H3,(H,25,28)(H,27,29)/t22-/m0/s1. The minimum Gasteiger partial charge on any atom is -0.349 e. The molecule has 0 aliphatic rings. The molecule has 1 aromatic heterocycles. The van der Waals surface area contributed by atoms with Gasteiger partial charge in [-0.3, -0.25) is 9.59 Å². The quantitative estimate of drug-likeness (QED) is 0.682. The maximum absolute atomic E-state index is 12.8. The van der Waals surface area contributed by atoms with E-state index in [1.807, 2.05) is 12.1 Å². The van der Waals surface area contributed by atoms with Gasteiger partial charge >= 0.3 is 0 Å². The third-order valence-electron chi connectivity index (χ3n) is 5.22. The summed E-state index contributed by atoms with van der Waals surface area (Å²) in [4.78, 5) is 24.8. The molecule has 3 aromatic rings. The van der Waals surface area contributed by atoms with Crippen LogP contribution in [-0.2, 0) is 16.6 Å². The molecule has 0 unspecified atom stereocenters. The fourth-order valence-corrected chi connectivity index (χ4v) is 3.51. The van der Waals surface area contributed by atoms with Crippen LogP contribution in [0.5, 0.6) is 0 Å². The van der Waals surface area contributed by atoms with Crippen molar-refractivity contribution in [1.82, 2.24) is 15.5 Å². The lowest BCUT2D eigenvalue weighted by Gasteiger charge is -2.25. The van der Waals surface area contributed by atoms with Crippen molar-refractivity contribution in [2.45, 2.75) is 52.5 Å². The number of fused-ring (bicyclic) bond motifs is 1. The number of aromatic amines is 1. The van der Waals surface area contributed by atoms with Crippen molar-refractivity contribution in [3.8, 4) is 0 Å². The van der Waals surface area contributed by atoms with Crippen LogP contribution >= 0.6 is 0 Å². The summed E-state index contributed by atoms with van der Waals surface area (Å²) in [5, 5.41) is 11.0. The van der Waals surface area contributed by atoms with Gasteiger partial charge < -0.3 is 5.32 Å². The van der Waals surface area contributed by atoms with E-state index in [2.05, 4.69) is 74.4 Å². The van der Waals surface area contributed by atoms with Gasteiger partial charge in [0, 0.05) is 5.39 Å². The molecule has 0 saturated heterocycles. The fraction of sp³-hybridized carbons (Fsp3) is 0.375. The van der Waals surface area contributed by atoms with Crippen LogP contribution in [0, 0.1) is 5.92 Å². The summed E-state index contributed by atoms with van der Waals surface area (Å²) in [7, 11) is 0. The molecule has 0 fully saturated rings. The highest BCUT2D eigenvalue weighted by atomic mass is 16.1. The van der Waals surface area contributed by atoms with E-state index in [4.69, 9.17) is 0 Å². The Bertz CT molecular complexity index is 1060. The molecule has 0 aliphatic heterocycles. The zero-order chi connectivity index (χ0) is 21.2. The fourth-order valence-electron chi connectivity index (χ4n) is 3.51. The Balaban J connectivity index is 1.81. The van der Waals surface area contributed by atoms with Crippen LogP contribution in [-0.4, -0.2) is 16.1 Å². The number of aromatic nitrogens is 2. The Morgan fingerprint density at radius 3 is 2.24 bits per heavy atom. The highest BCUT2D eigenvalue weighted by molar-refractivity contribution is 5.88. The van der Waals surface area contributed by atoms with E-state index in [1.54, 1.807) is 12.1 Å². The molecule has 29 heavy (non-hydrogen) atoms. The molecule has 0 radical (unpaired) electrons. The molecular weight excluding hydrogens is 362 g/mol. The zero-order valence-corrected chi connectivity index (χ0v) is 17.7. The van der Waals surface area contributed by atoms with Gasteiger partial charge in [0.2, 0.25) is 5.91 Å². The number of carbonyl (C=O) groups excluding carboxylic acids is 1. The van der Waals surface area contributed by atoms with Gasteiger partial charge in [0.15, 0.2) is 0 Å².